The summed E-state index contributed by atoms with van der Waals surface area (Å²) in [6.45, 7) is 5.08. The van der Waals surface area contributed by atoms with E-state index in [9.17, 15) is 0 Å². The molecule has 0 aliphatic rings. The summed E-state index contributed by atoms with van der Waals surface area (Å²) in [4.78, 5) is 0. The fourth-order valence-corrected chi connectivity index (χ4v) is 1.48. The molecule has 3 N–H and O–H groups in total. The van der Waals surface area contributed by atoms with Crippen LogP contribution in [0.25, 0.3) is 0 Å². The minimum Gasteiger partial charge on any atom is -0.494 e. The van der Waals surface area contributed by atoms with Gasteiger partial charge in [0, 0.05) is 5.56 Å². The third kappa shape index (κ3) is 4.76. The fraction of sp³-hybridized carbons (Fsp3) is 0.462. The largest absolute Gasteiger partial charge is 0.494 e. The van der Waals surface area contributed by atoms with Gasteiger partial charge < -0.3 is 15.7 Å². The lowest BCUT2D eigenvalue weighted by Gasteiger charge is -2.08. The SMILES string of the molecule is CC(C)CCCOc1cccc(/C(N)=N/O)c1. The number of hydrogen-bond donors (Lipinski definition) is 2. The van der Waals surface area contributed by atoms with Crippen LogP contribution in [-0.4, -0.2) is 17.6 Å². The number of nitrogens with two attached hydrogens (primary N) is 1. The molecule has 4 nitrogen and oxygen atoms in total. The first-order valence-electron chi connectivity index (χ1n) is 5.84. The molecule has 0 aromatic heterocycles. The normalized spacial score (nSPS) is 11.8. The number of oxime groups is 1. The molecule has 94 valence electrons. The van der Waals surface area contributed by atoms with Gasteiger partial charge in [0.15, 0.2) is 5.84 Å². The van der Waals surface area contributed by atoms with E-state index in [0.29, 0.717) is 18.1 Å². The van der Waals surface area contributed by atoms with E-state index in [1.54, 1.807) is 12.1 Å². The van der Waals surface area contributed by atoms with Crippen LogP contribution in [0.4, 0.5) is 0 Å². The Morgan fingerprint density at radius 3 is 2.88 bits per heavy atom. The summed E-state index contributed by atoms with van der Waals surface area (Å²) in [5.41, 5.74) is 6.16. The maximum absolute atomic E-state index is 8.58. The predicted octanol–water partition coefficient (Wildman–Crippen LogP) is 2.60. The van der Waals surface area contributed by atoms with Crippen molar-refractivity contribution in [1.82, 2.24) is 0 Å². The van der Waals surface area contributed by atoms with Crippen LogP contribution in [0.5, 0.6) is 5.75 Å². The van der Waals surface area contributed by atoms with Gasteiger partial charge in [-0.2, -0.15) is 0 Å². The summed E-state index contributed by atoms with van der Waals surface area (Å²) in [6, 6.07) is 7.23. The predicted molar refractivity (Wildman–Crippen MR) is 68.5 cm³/mol. The fourth-order valence-electron chi connectivity index (χ4n) is 1.48. The molecule has 0 radical (unpaired) electrons. The molecule has 0 saturated carbocycles. The van der Waals surface area contributed by atoms with Crippen molar-refractivity contribution < 1.29 is 9.94 Å². The van der Waals surface area contributed by atoms with Crippen molar-refractivity contribution in [1.29, 1.82) is 0 Å². The van der Waals surface area contributed by atoms with Crippen LogP contribution in [-0.2, 0) is 0 Å². The van der Waals surface area contributed by atoms with E-state index in [-0.39, 0.29) is 5.84 Å². The minimum atomic E-state index is 0.0950. The monoisotopic (exact) mass is 236 g/mol. The van der Waals surface area contributed by atoms with Gasteiger partial charge in [0.25, 0.3) is 0 Å². The smallest absolute Gasteiger partial charge is 0.170 e. The summed E-state index contributed by atoms with van der Waals surface area (Å²) in [7, 11) is 0. The molecule has 0 heterocycles. The Balaban J connectivity index is 2.49. The number of benzene rings is 1. The highest BCUT2D eigenvalue weighted by Crippen LogP contribution is 2.14. The van der Waals surface area contributed by atoms with E-state index in [1.165, 1.54) is 0 Å². The lowest BCUT2D eigenvalue weighted by atomic mass is 10.1. The molecule has 17 heavy (non-hydrogen) atoms. The Morgan fingerprint density at radius 1 is 1.47 bits per heavy atom. The molecule has 1 rings (SSSR count). The third-order valence-electron chi connectivity index (χ3n) is 2.43. The molecule has 0 aliphatic heterocycles. The van der Waals surface area contributed by atoms with Crippen LogP contribution >= 0.6 is 0 Å². The summed E-state index contributed by atoms with van der Waals surface area (Å²) < 4.78 is 5.60. The first-order chi connectivity index (χ1) is 8.13. The zero-order valence-electron chi connectivity index (χ0n) is 10.4. The Kier molecular flexibility index (Phi) is 5.33. The molecular weight excluding hydrogens is 216 g/mol. The third-order valence-corrected chi connectivity index (χ3v) is 2.43. The Labute approximate surface area is 102 Å². The molecule has 1 aromatic carbocycles. The molecular formula is C13H20N2O2. The highest BCUT2D eigenvalue weighted by atomic mass is 16.5. The van der Waals surface area contributed by atoms with Crippen molar-refractivity contribution in [3.8, 4) is 5.75 Å². The van der Waals surface area contributed by atoms with Crippen molar-refractivity contribution >= 4 is 5.84 Å². The van der Waals surface area contributed by atoms with Gasteiger partial charge in [0.1, 0.15) is 5.75 Å². The lowest BCUT2D eigenvalue weighted by Crippen LogP contribution is -2.13. The van der Waals surface area contributed by atoms with Crippen LogP contribution < -0.4 is 10.5 Å². The van der Waals surface area contributed by atoms with E-state index < -0.39 is 0 Å². The topological polar surface area (TPSA) is 67.8 Å². The van der Waals surface area contributed by atoms with E-state index in [0.717, 1.165) is 18.6 Å². The van der Waals surface area contributed by atoms with E-state index in [4.69, 9.17) is 15.7 Å². The molecule has 0 amide bonds. The second kappa shape index (κ2) is 6.78. The molecule has 0 aliphatic carbocycles. The van der Waals surface area contributed by atoms with Crippen molar-refractivity contribution in [2.45, 2.75) is 26.7 Å². The van der Waals surface area contributed by atoms with Gasteiger partial charge in [-0.25, -0.2) is 0 Å². The van der Waals surface area contributed by atoms with Gasteiger partial charge in [-0.1, -0.05) is 31.1 Å². The average Bonchev–Trinajstić information content (AvgIpc) is 2.34. The van der Waals surface area contributed by atoms with Crippen LogP contribution in [0, 0.1) is 5.92 Å². The van der Waals surface area contributed by atoms with Gasteiger partial charge in [-0.05, 0) is 30.9 Å². The maximum atomic E-state index is 8.58. The number of ether oxygens (including phenoxy) is 1. The second-order valence-electron chi connectivity index (χ2n) is 4.40. The van der Waals surface area contributed by atoms with Crippen molar-refractivity contribution in [2.75, 3.05) is 6.61 Å². The highest BCUT2D eigenvalue weighted by Gasteiger charge is 2.01. The summed E-state index contributed by atoms with van der Waals surface area (Å²) in [5, 5.41) is 11.5. The zero-order chi connectivity index (χ0) is 12.7. The second-order valence-corrected chi connectivity index (χ2v) is 4.40. The van der Waals surface area contributed by atoms with Crippen LogP contribution in [0.2, 0.25) is 0 Å². The summed E-state index contributed by atoms with van der Waals surface area (Å²) in [6.07, 6.45) is 2.19. The van der Waals surface area contributed by atoms with Gasteiger partial charge in [-0.15, -0.1) is 0 Å². The van der Waals surface area contributed by atoms with Gasteiger partial charge in [-0.3, -0.25) is 0 Å². The van der Waals surface area contributed by atoms with E-state index >= 15 is 0 Å². The van der Waals surface area contributed by atoms with Gasteiger partial charge in [0.05, 0.1) is 6.61 Å². The Bertz CT molecular complexity index is 375. The molecule has 0 atom stereocenters. The van der Waals surface area contributed by atoms with E-state index in [2.05, 4.69) is 19.0 Å². The van der Waals surface area contributed by atoms with Crippen LogP contribution in [0.1, 0.15) is 32.3 Å². The van der Waals surface area contributed by atoms with Crippen molar-refractivity contribution in [3.63, 3.8) is 0 Å². The van der Waals surface area contributed by atoms with Gasteiger partial charge in [0.2, 0.25) is 0 Å². The zero-order valence-corrected chi connectivity index (χ0v) is 10.4. The molecule has 0 bridgehead atoms. The molecule has 0 fully saturated rings. The van der Waals surface area contributed by atoms with Gasteiger partial charge >= 0.3 is 0 Å². The maximum Gasteiger partial charge on any atom is 0.170 e. The number of rotatable bonds is 6. The number of hydrogen-bond acceptors (Lipinski definition) is 3. The number of nitrogens with zero attached hydrogens (tertiary/aromatic N) is 1. The Hall–Kier alpha value is -1.71. The van der Waals surface area contributed by atoms with Crippen molar-refractivity contribution in [3.05, 3.63) is 29.8 Å². The van der Waals surface area contributed by atoms with Crippen LogP contribution in [0.3, 0.4) is 0 Å². The Morgan fingerprint density at radius 2 is 2.24 bits per heavy atom. The molecule has 1 aromatic rings. The molecule has 0 spiro atoms. The highest BCUT2D eigenvalue weighted by molar-refractivity contribution is 5.97. The number of amidine groups is 1. The molecule has 0 unspecified atom stereocenters. The van der Waals surface area contributed by atoms with Crippen molar-refractivity contribution in [2.24, 2.45) is 16.8 Å². The minimum absolute atomic E-state index is 0.0950. The summed E-state index contributed by atoms with van der Waals surface area (Å²) >= 11 is 0. The van der Waals surface area contributed by atoms with Crippen LogP contribution in [0.15, 0.2) is 29.4 Å². The average molecular weight is 236 g/mol. The quantitative estimate of drug-likeness (QED) is 0.262. The molecule has 0 saturated heterocycles. The first-order valence-corrected chi connectivity index (χ1v) is 5.84. The lowest BCUT2D eigenvalue weighted by molar-refractivity contribution is 0.297. The first kappa shape index (κ1) is 13.4. The summed E-state index contributed by atoms with van der Waals surface area (Å²) in [5.74, 6) is 1.54. The standard InChI is InChI=1S/C13H20N2O2/c1-10(2)5-4-8-17-12-7-3-6-11(9-12)13(14)15-16/h3,6-7,9-10,16H,4-5,8H2,1-2H3,(H2,14,15). The van der Waals surface area contributed by atoms with E-state index in [1.807, 2.05) is 12.1 Å². The molecule has 4 heteroatoms.